The van der Waals surface area contributed by atoms with Crippen molar-refractivity contribution in [1.29, 1.82) is 0 Å². The molecular formula is C20H31N3O7S. The predicted octanol–water partition coefficient (Wildman–Crippen LogP) is 0.175. The summed E-state index contributed by atoms with van der Waals surface area (Å²) >= 11 is 0. The molecule has 2 fully saturated rings. The van der Waals surface area contributed by atoms with Gasteiger partial charge < -0.3 is 24.3 Å². The second kappa shape index (κ2) is 10.6. The first-order valence-electron chi connectivity index (χ1n) is 10.3. The summed E-state index contributed by atoms with van der Waals surface area (Å²) in [5, 5.41) is 2.89. The third-order valence-corrected chi connectivity index (χ3v) is 7.41. The highest BCUT2D eigenvalue weighted by molar-refractivity contribution is 7.89. The topological polar surface area (TPSA) is 107 Å². The summed E-state index contributed by atoms with van der Waals surface area (Å²) in [6, 6.07) is 2.85. The molecule has 1 N–H and O–H groups in total. The van der Waals surface area contributed by atoms with Crippen molar-refractivity contribution in [3.63, 3.8) is 0 Å². The zero-order valence-corrected chi connectivity index (χ0v) is 19.1. The molecule has 174 valence electrons. The molecule has 0 aliphatic carbocycles. The van der Waals surface area contributed by atoms with Crippen molar-refractivity contribution in [1.82, 2.24) is 14.5 Å². The Kier molecular flexibility index (Phi) is 8.11. The van der Waals surface area contributed by atoms with E-state index < -0.39 is 15.9 Å². The summed E-state index contributed by atoms with van der Waals surface area (Å²) in [4.78, 5) is 15.2. The quantitative estimate of drug-likeness (QED) is 0.589. The Balaban J connectivity index is 1.83. The molecule has 1 atom stereocenters. The Bertz CT molecular complexity index is 866. The molecule has 10 nitrogen and oxygen atoms in total. The van der Waals surface area contributed by atoms with Crippen LogP contribution in [0.5, 0.6) is 11.5 Å². The number of rotatable bonds is 8. The van der Waals surface area contributed by atoms with Gasteiger partial charge in [-0.25, -0.2) is 8.42 Å². The first kappa shape index (κ1) is 23.7. The number of morpholine rings is 2. The SMILES string of the molecule is COc1cc(S(=O)(=O)N2CCOCC2)cc(C(=O)NCC(C)N2CCOCC2)c1OC. The maximum atomic E-state index is 13.1. The fourth-order valence-electron chi connectivity index (χ4n) is 3.68. The number of methoxy groups -OCH3 is 2. The van der Waals surface area contributed by atoms with Crippen LogP contribution >= 0.6 is 0 Å². The van der Waals surface area contributed by atoms with Crippen molar-refractivity contribution >= 4 is 15.9 Å². The van der Waals surface area contributed by atoms with E-state index >= 15 is 0 Å². The van der Waals surface area contributed by atoms with Gasteiger partial charge >= 0.3 is 0 Å². The number of nitrogens with one attached hydrogen (secondary N) is 1. The summed E-state index contributed by atoms with van der Waals surface area (Å²) < 4.78 is 48.9. The van der Waals surface area contributed by atoms with Crippen LogP contribution in [0, 0.1) is 0 Å². The van der Waals surface area contributed by atoms with Gasteiger partial charge in [0.25, 0.3) is 5.91 Å². The number of amides is 1. The summed E-state index contributed by atoms with van der Waals surface area (Å²) in [5.74, 6) is -0.0440. The van der Waals surface area contributed by atoms with Crippen molar-refractivity contribution in [2.24, 2.45) is 0 Å². The Morgan fingerprint density at radius 2 is 1.68 bits per heavy atom. The van der Waals surface area contributed by atoms with Crippen molar-refractivity contribution in [2.45, 2.75) is 17.9 Å². The lowest BCUT2D eigenvalue weighted by Gasteiger charge is -2.32. The van der Waals surface area contributed by atoms with Crippen LogP contribution in [0.3, 0.4) is 0 Å². The molecule has 2 heterocycles. The van der Waals surface area contributed by atoms with E-state index in [1.165, 1.54) is 30.7 Å². The molecule has 2 saturated heterocycles. The highest BCUT2D eigenvalue weighted by Gasteiger charge is 2.30. The lowest BCUT2D eigenvalue weighted by molar-refractivity contribution is 0.0204. The maximum Gasteiger partial charge on any atom is 0.255 e. The minimum absolute atomic E-state index is 0.0153. The van der Waals surface area contributed by atoms with Crippen LogP contribution in [0.2, 0.25) is 0 Å². The van der Waals surface area contributed by atoms with Gasteiger partial charge in [0, 0.05) is 44.8 Å². The van der Waals surface area contributed by atoms with E-state index in [2.05, 4.69) is 10.2 Å². The van der Waals surface area contributed by atoms with Crippen molar-refractivity contribution in [3.8, 4) is 11.5 Å². The van der Waals surface area contributed by atoms with E-state index in [0.29, 0.717) is 33.0 Å². The molecule has 11 heteroatoms. The molecule has 2 aliphatic heterocycles. The number of sulfonamides is 1. The van der Waals surface area contributed by atoms with Gasteiger partial charge in [-0.15, -0.1) is 0 Å². The van der Waals surface area contributed by atoms with Crippen molar-refractivity contribution in [2.75, 3.05) is 73.4 Å². The molecule has 0 radical (unpaired) electrons. The number of hydrogen-bond donors (Lipinski definition) is 1. The van der Waals surface area contributed by atoms with Gasteiger partial charge in [-0.1, -0.05) is 0 Å². The molecule has 2 aliphatic rings. The molecule has 0 saturated carbocycles. The maximum absolute atomic E-state index is 13.1. The van der Waals surface area contributed by atoms with Gasteiger partial charge in [0.1, 0.15) is 0 Å². The largest absolute Gasteiger partial charge is 0.493 e. The van der Waals surface area contributed by atoms with E-state index in [9.17, 15) is 13.2 Å². The molecule has 1 aromatic rings. The smallest absolute Gasteiger partial charge is 0.255 e. The summed E-state index contributed by atoms with van der Waals surface area (Å²) in [5.41, 5.74) is 0.114. The van der Waals surface area contributed by atoms with Crippen LogP contribution in [-0.2, 0) is 19.5 Å². The van der Waals surface area contributed by atoms with Crippen LogP contribution in [0.25, 0.3) is 0 Å². The average molecular weight is 458 g/mol. The third kappa shape index (κ3) is 5.47. The zero-order chi connectivity index (χ0) is 22.4. The van der Waals surface area contributed by atoms with Gasteiger partial charge in [0.05, 0.1) is 51.1 Å². The monoisotopic (exact) mass is 457 g/mol. The number of ether oxygens (including phenoxy) is 4. The zero-order valence-electron chi connectivity index (χ0n) is 18.3. The molecule has 31 heavy (non-hydrogen) atoms. The molecule has 0 spiro atoms. The first-order valence-corrected chi connectivity index (χ1v) is 11.8. The normalized spacial score (nSPS) is 19.6. The van der Waals surface area contributed by atoms with Crippen molar-refractivity contribution in [3.05, 3.63) is 17.7 Å². The Morgan fingerprint density at radius 1 is 1.06 bits per heavy atom. The number of hydrogen-bond acceptors (Lipinski definition) is 8. The number of carbonyl (C=O) groups excluding carboxylic acids is 1. The minimum Gasteiger partial charge on any atom is -0.493 e. The van der Waals surface area contributed by atoms with Crippen molar-refractivity contribution < 1.29 is 32.2 Å². The summed E-state index contributed by atoms with van der Waals surface area (Å²) in [7, 11) is -0.983. The number of nitrogens with zero attached hydrogens (tertiary/aromatic N) is 2. The highest BCUT2D eigenvalue weighted by atomic mass is 32.2. The molecular weight excluding hydrogens is 426 g/mol. The molecule has 1 unspecified atom stereocenters. The standard InChI is InChI=1S/C20H31N3O7S/c1-15(22-4-8-29-9-5-22)14-21-20(24)17-12-16(13-18(27-2)19(17)28-3)31(25,26)23-6-10-30-11-7-23/h12-13,15H,4-11,14H2,1-3H3,(H,21,24). The van der Waals surface area contributed by atoms with Gasteiger partial charge in [-0.2, -0.15) is 4.31 Å². The van der Waals surface area contributed by atoms with E-state index in [4.69, 9.17) is 18.9 Å². The van der Waals surface area contributed by atoms with E-state index in [1.807, 2.05) is 6.92 Å². The average Bonchev–Trinajstić information content (AvgIpc) is 2.82. The number of carbonyl (C=O) groups is 1. The lowest BCUT2D eigenvalue weighted by atomic mass is 10.1. The number of benzene rings is 1. The summed E-state index contributed by atoms with van der Waals surface area (Å²) in [6.45, 7) is 6.58. The third-order valence-electron chi connectivity index (χ3n) is 5.53. The van der Waals surface area contributed by atoms with Crippen LogP contribution in [0.15, 0.2) is 17.0 Å². The molecule has 1 amide bonds. The van der Waals surface area contributed by atoms with E-state index in [1.54, 1.807) is 0 Å². The molecule has 0 bridgehead atoms. The van der Waals surface area contributed by atoms with Gasteiger partial charge in [0.2, 0.25) is 10.0 Å². The molecule has 3 rings (SSSR count). The van der Waals surface area contributed by atoms with Crippen LogP contribution in [0.4, 0.5) is 0 Å². The van der Waals surface area contributed by atoms with E-state index in [0.717, 1.165) is 13.1 Å². The van der Waals surface area contributed by atoms with Gasteiger partial charge in [0.15, 0.2) is 11.5 Å². The highest BCUT2D eigenvalue weighted by Crippen LogP contribution is 2.35. The Morgan fingerprint density at radius 3 is 2.26 bits per heavy atom. The minimum atomic E-state index is -3.81. The second-order valence-electron chi connectivity index (χ2n) is 7.43. The van der Waals surface area contributed by atoms with Crippen LogP contribution in [-0.4, -0.2) is 103 Å². The van der Waals surface area contributed by atoms with Gasteiger partial charge in [-0.3, -0.25) is 9.69 Å². The Hall–Kier alpha value is -1.92. The predicted molar refractivity (Wildman–Crippen MR) is 113 cm³/mol. The summed E-state index contributed by atoms with van der Waals surface area (Å²) in [6.07, 6.45) is 0. The Labute approximate surface area is 183 Å². The van der Waals surface area contributed by atoms with Gasteiger partial charge in [-0.05, 0) is 13.0 Å². The van der Waals surface area contributed by atoms with Crippen LogP contribution < -0.4 is 14.8 Å². The lowest BCUT2D eigenvalue weighted by Crippen LogP contribution is -2.47. The molecule has 0 aromatic heterocycles. The second-order valence-corrected chi connectivity index (χ2v) is 9.37. The van der Waals surface area contributed by atoms with Crippen LogP contribution in [0.1, 0.15) is 17.3 Å². The fourth-order valence-corrected chi connectivity index (χ4v) is 5.13. The molecule has 1 aromatic carbocycles. The van der Waals surface area contributed by atoms with E-state index in [-0.39, 0.29) is 41.1 Å². The first-order chi connectivity index (χ1) is 14.9. The fraction of sp³-hybridized carbons (Fsp3) is 0.650.